The van der Waals surface area contributed by atoms with Crippen molar-refractivity contribution in [2.45, 2.75) is 50.6 Å². The molecular weight excluding hydrogens is 452 g/mol. The molecular formula is C26H30N2O7. The average Bonchev–Trinajstić information content (AvgIpc) is 3.18. The topological polar surface area (TPSA) is 131 Å². The van der Waals surface area contributed by atoms with E-state index in [0.717, 1.165) is 22.3 Å². The maximum Gasteiger partial charge on any atom is 0.408 e. The number of carbonyl (C=O) groups excluding carboxylic acids is 3. The highest BCUT2D eigenvalue weighted by Crippen LogP contribution is 2.44. The smallest absolute Gasteiger partial charge is 0.408 e. The van der Waals surface area contributed by atoms with E-state index in [2.05, 4.69) is 15.4 Å². The monoisotopic (exact) mass is 482 g/mol. The van der Waals surface area contributed by atoms with Gasteiger partial charge in [0.1, 0.15) is 18.2 Å². The molecule has 2 aromatic carbocycles. The highest BCUT2D eigenvalue weighted by atomic mass is 16.5. The molecule has 2 atom stereocenters. The Kier molecular flexibility index (Phi) is 8.11. The van der Waals surface area contributed by atoms with Gasteiger partial charge in [0, 0.05) is 12.3 Å². The second-order valence-corrected chi connectivity index (χ2v) is 8.62. The van der Waals surface area contributed by atoms with Crippen molar-refractivity contribution in [1.82, 2.24) is 10.6 Å². The number of carboxylic acid groups (broad SMARTS) is 1. The van der Waals surface area contributed by atoms with E-state index < -0.39 is 35.5 Å². The quantitative estimate of drug-likeness (QED) is 0.443. The van der Waals surface area contributed by atoms with Gasteiger partial charge in [0.25, 0.3) is 0 Å². The number of ether oxygens (including phenoxy) is 2. The predicted molar refractivity (Wildman–Crippen MR) is 128 cm³/mol. The predicted octanol–water partition coefficient (Wildman–Crippen LogP) is 3.22. The first-order valence-electron chi connectivity index (χ1n) is 11.4. The Morgan fingerprint density at radius 1 is 1.03 bits per heavy atom. The SMILES string of the molecule is CCC(C)(NC(=O)OCC1c2ccccc2-c2ccccc21)C(=O)NC(CCC(=O)OC)C(=O)O. The number of benzene rings is 2. The number of esters is 1. The molecule has 186 valence electrons. The van der Waals surface area contributed by atoms with Crippen molar-refractivity contribution in [3.05, 3.63) is 59.7 Å². The molecule has 9 heteroatoms. The zero-order chi connectivity index (χ0) is 25.6. The second-order valence-electron chi connectivity index (χ2n) is 8.62. The molecule has 0 aliphatic heterocycles. The first-order chi connectivity index (χ1) is 16.7. The minimum atomic E-state index is -1.42. The molecule has 0 heterocycles. The number of rotatable bonds is 10. The highest BCUT2D eigenvalue weighted by Gasteiger charge is 2.37. The van der Waals surface area contributed by atoms with E-state index in [9.17, 15) is 24.3 Å². The molecule has 3 N–H and O–H groups in total. The van der Waals surface area contributed by atoms with Crippen LogP contribution >= 0.6 is 0 Å². The van der Waals surface area contributed by atoms with Gasteiger partial charge in [-0.1, -0.05) is 55.5 Å². The Balaban J connectivity index is 1.64. The van der Waals surface area contributed by atoms with Crippen LogP contribution in [0.25, 0.3) is 11.1 Å². The number of hydrogen-bond acceptors (Lipinski definition) is 6. The van der Waals surface area contributed by atoms with Crippen LogP contribution < -0.4 is 10.6 Å². The van der Waals surface area contributed by atoms with Crippen LogP contribution in [-0.4, -0.2) is 54.3 Å². The number of hydrogen-bond donors (Lipinski definition) is 3. The fourth-order valence-electron chi connectivity index (χ4n) is 4.10. The van der Waals surface area contributed by atoms with Crippen molar-refractivity contribution >= 4 is 23.9 Å². The van der Waals surface area contributed by atoms with Crippen LogP contribution in [0.3, 0.4) is 0 Å². The number of nitrogens with one attached hydrogen (secondary N) is 2. The summed E-state index contributed by atoms with van der Waals surface area (Å²) in [6.45, 7) is 3.26. The van der Waals surface area contributed by atoms with Gasteiger partial charge in [-0.15, -0.1) is 0 Å². The minimum Gasteiger partial charge on any atom is -0.480 e. The van der Waals surface area contributed by atoms with E-state index in [1.807, 2.05) is 48.5 Å². The van der Waals surface area contributed by atoms with E-state index in [4.69, 9.17) is 4.74 Å². The number of amides is 2. The summed E-state index contributed by atoms with van der Waals surface area (Å²) in [5.41, 5.74) is 2.91. The number of alkyl carbamates (subject to hydrolysis) is 1. The molecule has 0 saturated carbocycles. The van der Waals surface area contributed by atoms with Crippen molar-refractivity contribution < 1.29 is 33.8 Å². The lowest BCUT2D eigenvalue weighted by Crippen LogP contribution is -2.59. The molecule has 0 saturated heterocycles. The number of fused-ring (bicyclic) bond motifs is 3. The molecule has 3 rings (SSSR count). The summed E-state index contributed by atoms with van der Waals surface area (Å²) in [4.78, 5) is 48.5. The van der Waals surface area contributed by atoms with Crippen molar-refractivity contribution in [2.24, 2.45) is 0 Å². The maximum absolute atomic E-state index is 12.9. The van der Waals surface area contributed by atoms with Gasteiger partial charge in [0.2, 0.25) is 5.91 Å². The van der Waals surface area contributed by atoms with Crippen LogP contribution in [0.15, 0.2) is 48.5 Å². The molecule has 0 spiro atoms. The van der Waals surface area contributed by atoms with Gasteiger partial charge in [0.15, 0.2) is 0 Å². The van der Waals surface area contributed by atoms with Crippen LogP contribution in [0.4, 0.5) is 4.79 Å². The van der Waals surface area contributed by atoms with E-state index in [0.29, 0.717) is 0 Å². The Morgan fingerprint density at radius 2 is 1.60 bits per heavy atom. The van der Waals surface area contributed by atoms with E-state index in [1.54, 1.807) is 6.92 Å². The van der Waals surface area contributed by atoms with Gasteiger partial charge in [-0.05, 0) is 42.0 Å². The van der Waals surface area contributed by atoms with Crippen LogP contribution in [0.1, 0.15) is 50.2 Å². The molecule has 9 nitrogen and oxygen atoms in total. The van der Waals surface area contributed by atoms with Crippen LogP contribution in [0.2, 0.25) is 0 Å². The first kappa shape index (κ1) is 25.7. The minimum absolute atomic E-state index is 0.0815. The number of carboxylic acids is 1. The molecule has 0 fully saturated rings. The summed E-state index contributed by atoms with van der Waals surface area (Å²) in [6, 6.07) is 14.6. The lowest BCUT2D eigenvalue weighted by molar-refractivity contribution is -0.144. The van der Waals surface area contributed by atoms with Crippen LogP contribution in [-0.2, 0) is 23.9 Å². The van der Waals surface area contributed by atoms with Gasteiger partial charge in [-0.2, -0.15) is 0 Å². The molecule has 35 heavy (non-hydrogen) atoms. The van der Waals surface area contributed by atoms with Crippen molar-refractivity contribution in [3.63, 3.8) is 0 Å². The fourth-order valence-corrected chi connectivity index (χ4v) is 4.10. The molecule has 2 aromatic rings. The van der Waals surface area contributed by atoms with Gasteiger partial charge >= 0.3 is 18.0 Å². The van der Waals surface area contributed by atoms with Gasteiger partial charge in [0.05, 0.1) is 7.11 Å². The number of carbonyl (C=O) groups is 4. The summed E-state index contributed by atoms with van der Waals surface area (Å²) < 4.78 is 10.0. The van der Waals surface area contributed by atoms with Crippen molar-refractivity contribution in [2.75, 3.05) is 13.7 Å². The van der Waals surface area contributed by atoms with E-state index >= 15 is 0 Å². The molecule has 2 amide bonds. The third-order valence-electron chi connectivity index (χ3n) is 6.40. The summed E-state index contributed by atoms with van der Waals surface area (Å²) in [5.74, 6) is -2.70. The summed E-state index contributed by atoms with van der Waals surface area (Å²) in [7, 11) is 1.20. The van der Waals surface area contributed by atoms with Crippen LogP contribution in [0.5, 0.6) is 0 Å². The summed E-state index contributed by atoms with van der Waals surface area (Å²) >= 11 is 0. The number of methoxy groups -OCH3 is 1. The third-order valence-corrected chi connectivity index (χ3v) is 6.40. The Morgan fingerprint density at radius 3 is 2.11 bits per heavy atom. The summed E-state index contributed by atoms with van der Waals surface area (Å²) in [6.07, 6.45) is -0.908. The molecule has 1 aliphatic rings. The van der Waals surface area contributed by atoms with Crippen LogP contribution in [0, 0.1) is 0 Å². The maximum atomic E-state index is 12.9. The summed E-state index contributed by atoms with van der Waals surface area (Å²) in [5, 5.41) is 14.4. The number of aliphatic carboxylic acids is 1. The normalized spacial score (nSPS) is 14.6. The van der Waals surface area contributed by atoms with Gasteiger partial charge in [-0.3, -0.25) is 9.59 Å². The highest BCUT2D eigenvalue weighted by molar-refractivity contribution is 5.92. The molecule has 0 bridgehead atoms. The Hall–Kier alpha value is -3.88. The zero-order valence-corrected chi connectivity index (χ0v) is 20.0. The Labute approximate surface area is 203 Å². The van der Waals surface area contributed by atoms with Crippen molar-refractivity contribution in [1.29, 1.82) is 0 Å². The fraction of sp³-hybridized carbons (Fsp3) is 0.385. The largest absolute Gasteiger partial charge is 0.480 e. The van der Waals surface area contributed by atoms with Gasteiger partial charge in [-0.25, -0.2) is 9.59 Å². The third kappa shape index (κ3) is 5.79. The van der Waals surface area contributed by atoms with E-state index in [1.165, 1.54) is 14.0 Å². The first-order valence-corrected chi connectivity index (χ1v) is 11.4. The van der Waals surface area contributed by atoms with Gasteiger partial charge < -0.3 is 25.2 Å². The zero-order valence-electron chi connectivity index (χ0n) is 20.0. The van der Waals surface area contributed by atoms with Crippen molar-refractivity contribution in [3.8, 4) is 11.1 Å². The standard InChI is InChI=1S/C26H30N2O7/c1-4-26(2,24(32)27-21(23(30)31)13-14-22(29)34-3)28-25(33)35-15-20-18-11-7-5-9-16(18)17-10-6-8-12-19(17)20/h5-12,20-21H,4,13-15H2,1-3H3,(H,27,32)(H,28,33)(H,30,31). The lowest BCUT2D eigenvalue weighted by atomic mass is 9.97. The molecule has 0 aromatic heterocycles. The Bertz CT molecular complexity index is 1070. The molecule has 1 aliphatic carbocycles. The molecule has 2 unspecified atom stereocenters. The lowest BCUT2D eigenvalue weighted by Gasteiger charge is -2.29. The molecule has 0 radical (unpaired) electrons. The second kappa shape index (κ2) is 11.0. The van der Waals surface area contributed by atoms with E-state index in [-0.39, 0.29) is 31.8 Å². The average molecular weight is 483 g/mol.